The minimum absolute atomic E-state index is 0.112. The molecule has 0 aromatic heterocycles. The average molecular weight is 242 g/mol. The summed E-state index contributed by atoms with van der Waals surface area (Å²) in [5.41, 5.74) is 0.716. The third kappa shape index (κ3) is 3.77. The van der Waals surface area contributed by atoms with Crippen LogP contribution >= 0.6 is 0 Å². The van der Waals surface area contributed by atoms with Crippen LogP contribution in [-0.2, 0) is 0 Å². The number of aryl methyl sites for hydroxylation is 1. The molecule has 0 aliphatic rings. The van der Waals surface area contributed by atoms with Gasteiger partial charge in [-0.05, 0) is 25.0 Å². The summed E-state index contributed by atoms with van der Waals surface area (Å²) in [6.45, 7) is 3.79. The van der Waals surface area contributed by atoms with Crippen molar-refractivity contribution in [2.75, 3.05) is 0 Å². The highest BCUT2D eigenvalue weighted by molar-refractivity contribution is 5.30. The van der Waals surface area contributed by atoms with Crippen molar-refractivity contribution in [3.05, 3.63) is 34.9 Å². The molecule has 1 unspecified atom stereocenters. The van der Waals surface area contributed by atoms with Crippen molar-refractivity contribution in [2.24, 2.45) is 0 Å². The van der Waals surface area contributed by atoms with Crippen LogP contribution < -0.4 is 0 Å². The smallest absolute Gasteiger partial charge is 0.164 e. The molecule has 0 bridgehead atoms. The van der Waals surface area contributed by atoms with Gasteiger partial charge in [-0.2, -0.15) is 0 Å². The topological polar surface area (TPSA) is 20.2 Å². The first-order valence-corrected chi connectivity index (χ1v) is 6.20. The minimum Gasteiger partial charge on any atom is -0.388 e. The molecule has 0 spiro atoms. The molecule has 0 heterocycles. The number of hydrogen-bond donors (Lipinski definition) is 1. The summed E-state index contributed by atoms with van der Waals surface area (Å²) in [5, 5.41) is 9.90. The largest absolute Gasteiger partial charge is 0.388 e. The van der Waals surface area contributed by atoms with Crippen molar-refractivity contribution in [1.29, 1.82) is 0 Å². The maximum Gasteiger partial charge on any atom is 0.164 e. The normalized spacial score (nSPS) is 12.8. The summed E-state index contributed by atoms with van der Waals surface area (Å²) < 4.78 is 26.6. The number of rotatable bonds is 6. The van der Waals surface area contributed by atoms with E-state index in [2.05, 4.69) is 6.92 Å². The lowest BCUT2D eigenvalue weighted by molar-refractivity contribution is 0.157. The molecule has 0 aliphatic heterocycles. The van der Waals surface area contributed by atoms with Crippen LogP contribution in [0.15, 0.2) is 12.1 Å². The first-order valence-electron chi connectivity index (χ1n) is 6.20. The van der Waals surface area contributed by atoms with Crippen molar-refractivity contribution in [1.82, 2.24) is 0 Å². The number of aliphatic hydroxyl groups is 1. The van der Waals surface area contributed by atoms with Gasteiger partial charge < -0.3 is 5.11 Å². The van der Waals surface area contributed by atoms with Gasteiger partial charge >= 0.3 is 0 Å². The van der Waals surface area contributed by atoms with Gasteiger partial charge in [-0.25, -0.2) is 8.78 Å². The maximum atomic E-state index is 13.6. The van der Waals surface area contributed by atoms with E-state index in [0.717, 1.165) is 31.7 Å². The van der Waals surface area contributed by atoms with Gasteiger partial charge in [0.05, 0.1) is 6.10 Å². The fraction of sp³-hybridized carbons (Fsp3) is 0.571. The Bertz CT molecular complexity index is 363. The van der Waals surface area contributed by atoms with E-state index >= 15 is 0 Å². The highest BCUT2D eigenvalue weighted by Crippen LogP contribution is 2.27. The van der Waals surface area contributed by atoms with Crippen LogP contribution in [0.1, 0.15) is 56.3 Å². The van der Waals surface area contributed by atoms with E-state index in [1.807, 2.05) is 0 Å². The Morgan fingerprint density at radius 1 is 1.18 bits per heavy atom. The van der Waals surface area contributed by atoms with Crippen molar-refractivity contribution < 1.29 is 13.9 Å². The lowest BCUT2D eigenvalue weighted by atomic mass is 9.98. The molecule has 1 N–H and O–H groups in total. The van der Waals surface area contributed by atoms with E-state index in [9.17, 15) is 13.9 Å². The summed E-state index contributed by atoms with van der Waals surface area (Å²) in [6, 6.07) is 2.60. The molecule has 1 nitrogen and oxygen atoms in total. The standard InChI is InChI=1S/C14H20F2O/c1-3-4-5-6-7-12(17)13-10(2)8-9-11(15)14(13)16/h8-9,12,17H,3-7H2,1-2H3. The van der Waals surface area contributed by atoms with Gasteiger partial charge in [0, 0.05) is 5.56 Å². The van der Waals surface area contributed by atoms with E-state index in [1.165, 1.54) is 6.07 Å². The Kier molecular flexibility index (Phi) is 5.56. The highest BCUT2D eigenvalue weighted by atomic mass is 19.2. The molecule has 0 saturated heterocycles. The summed E-state index contributed by atoms with van der Waals surface area (Å²) in [5.74, 6) is -1.80. The third-order valence-electron chi connectivity index (χ3n) is 3.01. The summed E-state index contributed by atoms with van der Waals surface area (Å²) in [7, 11) is 0. The lowest BCUT2D eigenvalue weighted by Crippen LogP contribution is -2.05. The third-order valence-corrected chi connectivity index (χ3v) is 3.01. The van der Waals surface area contributed by atoms with Crippen molar-refractivity contribution in [3.63, 3.8) is 0 Å². The fourth-order valence-corrected chi connectivity index (χ4v) is 1.98. The molecule has 0 saturated carbocycles. The molecule has 17 heavy (non-hydrogen) atoms. The van der Waals surface area contributed by atoms with Crippen LogP contribution in [0.5, 0.6) is 0 Å². The molecule has 1 aromatic carbocycles. The van der Waals surface area contributed by atoms with Gasteiger partial charge in [-0.3, -0.25) is 0 Å². The number of halogens is 2. The lowest BCUT2D eigenvalue weighted by Gasteiger charge is -2.14. The van der Waals surface area contributed by atoms with Gasteiger partial charge in [-0.1, -0.05) is 38.7 Å². The number of benzene rings is 1. The number of hydrogen-bond acceptors (Lipinski definition) is 1. The molecular formula is C14H20F2O. The molecular weight excluding hydrogens is 222 g/mol. The van der Waals surface area contributed by atoms with Crippen molar-refractivity contribution >= 4 is 0 Å². The maximum absolute atomic E-state index is 13.6. The molecule has 0 radical (unpaired) electrons. The Morgan fingerprint density at radius 2 is 1.88 bits per heavy atom. The predicted octanol–water partition coefficient (Wildman–Crippen LogP) is 4.28. The van der Waals surface area contributed by atoms with E-state index < -0.39 is 17.7 Å². The quantitative estimate of drug-likeness (QED) is 0.738. The van der Waals surface area contributed by atoms with Crippen molar-refractivity contribution in [3.8, 4) is 0 Å². The first kappa shape index (κ1) is 14.1. The SMILES string of the molecule is CCCCCCC(O)c1c(C)ccc(F)c1F. The van der Waals surface area contributed by atoms with Crippen molar-refractivity contribution in [2.45, 2.75) is 52.1 Å². The monoisotopic (exact) mass is 242 g/mol. The second kappa shape index (κ2) is 6.70. The van der Waals surface area contributed by atoms with E-state index in [0.29, 0.717) is 12.0 Å². The zero-order valence-corrected chi connectivity index (χ0v) is 10.5. The van der Waals surface area contributed by atoms with Crippen LogP contribution in [0, 0.1) is 18.6 Å². The van der Waals surface area contributed by atoms with E-state index in [-0.39, 0.29) is 5.56 Å². The van der Waals surface area contributed by atoms with Crippen LogP contribution in [0.25, 0.3) is 0 Å². The molecule has 0 amide bonds. The predicted molar refractivity (Wildman–Crippen MR) is 64.8 cm³/mol. The molecule has 3 heteroatoms. The molecule has 1 atom stereocenters. The fourth-order valence-electron chi connectivity index (χ4n) is 1.98. The second-order valence-corrected chi connectivity index (χ2v) is 4.46. The molecule has 0 aliphatic carbocycles. The van der Waals surface area contributed by atoms with Gasteiger partial charge in [0.1, 0.15) is 0 Å². The molecule has 0 fully saturated rings. The minimum atomic E-state index is -0.909. The van der Waals surface area contributed by atoms with Gasteiger partial charge in [-0.15, -0.1) is 0 Å². The Balaban J connectivity index is 2.68. The molecule has 1 rings (SSSR count). The average Bonchev–Trinajstić information content (AvgIpc) is 2.30. The number of unbranched alkanes of at least 4 members (excludes halogenated alkanes) is 3. The van der Waals surface area contributed by atoms with Crippen LogP contribution in [0.3, 0.4) is 0 Å². The Morgan fingerprint density at radius 3 is 2.53 bits per heavy atom. The van der Waals surface area contributed by atoms with Crippen LogP contribution in [0.2, 0.25) is 0 Å². The van der Waals surface area contributed by atoms with Crippen LogP contribution in [0.4, 0.5) is 8.78 Å². The highest BCUT2D eigenvalue weighted by Gasteiger charge is 2.18. The summed E-state index contributed by atoms with van der Waals surface area (Å²) >= 11 is 0. The van der Waals surface area contributed by atoms with Crippen LogP contribution in [-0.4, -0.2) is 5.11 Å². The second-order valence-electron chi connectivity index (χ2n) is 4.46. The van der Waals surface area contributed by atoms with E-state index in [1.54, 1.807) is 6.92 Å². The Hall–Kier alpha value is -0.960. The first-order chi connectivity index (χ1) is 8.07. The van der Waals surface area contributed by atoms with Gasteiger partial charge in [0.15, 0.2) is 11.6 Å². The Labute approximate surface area is 101 Å². The zero-order chi connectivity index (χ0) is 12.8. The van der Waals surface area contributed by atoms with E-state index in [4.69, 9.17) is 0 Å². The number of aliphatic hydroxyl groups excluding tert-OH is 1. The summed E-state index contributed by atoms with van der Waals surface area (Å²) in [6.07, 6.45) is 3.67. The zero-order valence-electron chi connectivity index (χ0n) is 10.5. The summed E-state index contributed by atoms with van der Waals surface area (Å²) in [4.78, 5) is 0. The molecule has 1 aromatic rings. The van der Waals surface area contributed by atoms with Gasteiger partial charge in [0.2, 0.25) is 0 Å². The molecule has 96 valence electrons. The van der Waals surface area contributed by atoms with Gasteiger partial charge in [0.25, 0.3) is 0 Å².